The van der Waals surface area contributed by atoms with Crippen molar-refractivity contribution in [2.75, 3.05) is 19.4 Å². The second-order valence-corrected chi connectivity index (χ2v) is 8.26. The van der Waals surface area contributed by atoms with Crippen LogP contribution in [0.25, 0.3) is 0 Å². The monoisotopic (exact) mass is 360 g/mol. The Balaban J connectivity index is 1.87. The van der Waals surface area contributed by atoms with E-state index in [1.54, 1.807) is 4.90 Å². The topological polar surface area (TPSA) is 32.3 Å². The normalized spacial score (nSPS) is 22.8. The Morgan fingerprint density at radius 2 is 1.81 bits per heavy atom. The summed E-state index contributed by atoms with van der Waals surface area (Å²) in [6, 6.07) is 10.9. The van der Waals surface area contributed by atoms with E-state index in [1.165, 1.54) is 27.8 Å². The molecule has 4 rings (SSSR count). The van der Waals surface area contributed by atoms with E-state index in [1.807, 2.05) is 26.2 Å². The maximum Gasteiger partial charge on any atom is 0.255 e. The zero-order valence-electron chi connectivity index (χ0n) is 16.8. The molecule has 140 valence electrons. The largest absolute Gasteiger partial charge is 0.377 e. The van der Waals surface area contributed by atoms with Gasteiger partial charge in [-0.15, -0.1) is 0 Å². The Kier molecular flexibility index (Phi) is 4.33. The van der Waals surface area contributed by atoms with Crippen LogP contribution in [0.2, 0.25) is 0 Å². The lowest BCUT2D eigenvalue weighted by Gasteiger charge is -2.39. The van der Waals surface area contributed by atoms with Crippen LogP contribution in [0, 0.1) is 26.7 Å². The molecule has 2 aromatic rings. The SMILES string of the molecule is Cc1cc(C)c(C2Nc3c(C(=O)N(C)C)cccc3C3C=CCC32)c(C)c1. The fourth-order valence-corrected chi connectivity index (χ4v) is 5.01. The minimum atomic E-state index is 0.0517. The number of nitrogens with zero attached hydrogens (tertiary/aromatic N) is 1. The zero-order valence-corrected chi connectivity index (χ0v) is 16.8. The molecule has 1 amide bonds. The summed E-state index contributed by atoms with van der Waals surface area (Å²) in [5.41, 5.74) is 8.37. The van der Waals surface area contributed by atoms with E-state index >= 15 is 0 Å². The van der Waals surface area contributed by atoms with Gasteiger partial charge in [0.1, 0.15) is 0 Å². The van der Waals surface area contributed by atoms with Gasteiger partial charge in [-0.3, -0.25) is 4.79 Å². The summed E-state index contributed by atoms with van der Waals surface area (Å²) in [6.07, 6.45) is 5.71. The molecule has 3 atom stereocenters. The highest BCUT2D eigenvalue weighted by atomic mass is 16.2. The van der Waals surface area contributed by atoms with Gasteiger partial charge in [-0.2, -0.15) is 0 Å². The number of hydrogen-bond acceptors (Lipinski definition) is 2. The van der Waals surface area contributed by atoms with E-state index in [4.69, 9.17) is 0 Å². The number of allylic oxidation sites excluding steroid dienone is 2. The molecule has 0 spiro atoms. The van der Waals surface area contributed by atoms with Crippen molar-refractivity contribution in [2.45, 2.75) is 39.2 Å². The van der Waals surface area contributed by atoms with E-state index in [0.717, 1.165) is 17.7 Å². The van der Waals surface area contributed by atoms with Crippen LogP contribution in [0.4, 0.5) is 5.69 Å². The van der Waals surface area contributed by atoms with Gasteiger partial charge in [0.15, 0.2) is 0 Å². The molecule has 3 heteroatoms. The van der Waals surface area contributed by atoms with Crippen molar-refractivity contribution < 1.29 is 4.79 Å². The van der Waals surface area contributed by atoms with E-state index < -0.39 is 0 Å². The van der Waals surface area contributed by atoms with Crippen LogP contribution in [0.15, 0.2) is 42.5 Å². The first-order chi connectivity index (χ1) is 12.9. The van der Waals surface area contributed by atoms with Crippen molar-refractivity contribution in [1.29, 1.82) is 0 Å². The van der Waals surface area contributed by atoms with Gasteiger partial charge < -0.3 is 10.2 Å². The van der Waals surface area contributed by atoms with Crippen LogP contribution in [-0.4, -0.2) is 24.9 Å². The number of anilines is 1. The molecule has 27 heavy (non-hydrogen) atoms. The highest BCUT2D eigenvalue weighted by Gasteiger charge is 2.40. The van der Waals surface area contributed by atoms with Gasteiger partial charge >= 0.3 is 0 Å². The van der Waals surface area contributed by atoms with Crippen molar-refractivity contribution in [3.8, 4) is 0 Å². The van der Waals surface area contributed by atoms with E-state index in [0.29, 0.717) is 11.8 Å². The minimum absolute atomic E-state index is 0.0517. The molecule has 0 bridgehead atoms. The number of carbonyl (C=O) groups is 1. The molecule has 0 saturated carbocycles. The first-order valence-electron chi connectivity index (χ1n) is 9.74. The summed E-state index contributed by atoms with van der Waals surface area (Å²) < 4.78 is 0. The quantitative estimate of drug-likeness (QED) is 0.752. The number of hydrogen-bond donors (Lipinski definition) is 1. The number of aryl methyl sites for hydroxylation is 3. The van der Waals surface area contributed by atoms with Crippen LogP contribution in [-0.2, 0) is 0 Å². The Morgan fingerprint density at radius 3 is 2.48 bits per heavy atom. The molecule has 2 aliphatic rings. The zero-order chi connectivity index (χ0) is 19.3. The second-order valence-electron chi connectivity index (χ2n) is 8.26. The van der Waals surface area contributed by atoms with Crippen LogP contribution >= 0.6 is 0 Å². The summed E-state index contributed by atoms with van der Waals surface area (Å²) in [5.74, 6) is 0.902. The first kappa shape index (κ1) is 17.8. The molecule has 3 nitrogen and oxygen atoms in total. The maximum atomic E-state index is 12.8. The summed E-state index contributed by atoms with van der Waals surface area (Å²) >= 11 is 0. The molecule has 0 saturated heterocycles. The van der Waals surface area contributed by atoms with E-state index in [-0.39, 0.29) is 11.9 Å². The Hall–Kier alpha value is -2.55. The van der Waals surface area contributed by atoms with Gasteiger partial charge in [0.25, 0.3) is 5.91 Å². The third-order valence-corrected chi connectivity index (χ3v) is 6.08. The number of carbonyl (C=O) groups excluding carboxylic acids is 1. The standard InChI is InChI=1S/C24H28N2O/c1-14-12-15(2)21(16(3)13-14)23-19-10-6-8-17(19)18-9-7-11-20(22(18)25-23)24(27)26(4)5/h6-9,11-13,17,19,23,25H,10H2,1-5H3. The van der Waals surface area contributed by atoms with E-state index in [2.05, 4.69) is 56.4 Å². The molecule has 2 aromatic carbocycles. The lowest BCUT2D eigenvalue weighted by Crippen LogP contribution is -2.32. The van der Waals surface area contributed by atoms with Crippen molar-refractivity contribution in [3.63, 3.8) is 0 Å². The van der Waals surface area contributed by atoms with E-state index in [9.17, 15) is 4.79 Å². The Morgan fingerprint density at radius 1 is 1.11 bits per heavy atom. The molecule has 0 aromatic heterocycles. The fraction of sp³-hybridized carbons (Fsp3) is 0.375. The van der Waals surface area contributed by atoms with Gasteiger partial charge in [0, 0.05) is 20.0 Å². The highest BCUT2D eigenvalue weighted by Crippen LogP contribution is 2.51. The van der Waals surface area contributed by atoms with Crippen LogP contribution in [0.3, 0.4) is 0 Å². The van der Waals surface area contributed by atoms with Crippen molar-refractivity contribution in [1.82, 2.24) is 4.90 Å². The van der Waals surface area contributed by atoms with Crippen LogP contribution in [0.1, 0.15) is 56.6 Å². The van der Waals surface area contributed by atoms with Gasteiger partial charge in [-0.1, -0.05) is 42.0 Å². The average molecular weight is 361 g/mol. The number of benzene rings is 2. The Bertz CT molecular complexity index is 918. The maximum absolute atomic E-state index is 12.8. The fourth-order valence-electron chi connectivity index (χ4n) is 5.01. The highest BCUT2D eigenvalue weighted by molar-refractivity contribution is 6.00. The van der Waals surface area contributed by atoms with Crippen molar-refractivity contribution >= 4 is 11.6 Å². The third kappa shape index (κ3) is 2.86. The van der Waals surface area contributed by atoms with Crippen LogP contribution in [0.5, 0.6) is 0 Å². The lowest BCUT2D eigenvalue weighted by atomic mass is 9.74. The summed E-state index contributed by atoms with van der Waals surface area (Å²) in [6.45, 7) is 6.57. The predicted octanol–water partition coefficient (Wildman–Crippen LogP) is 5.14. The van der Waals surface area contributed by atoms with Gasteiger partial charge in [0.2, 0.25) is 0 Å². The molecule has 1 N–H and O–H groups in total. The van der Waals surface area contributed by atoms with Crippen LogP contribution < -0.4 is 5.32 Å². The van der Waals surface area contributed by atoms with Gasteiger partial charge in [-0.05, 0) is 61.4 Å². The summed E-state index contributed by atoms with van der Waals surface area (Å²) in [5, 5.41) is 3.80. The molecule has 0 radical (unpaired) electrons. The molecule has 1 aliphatic carbocycles. The number of fused-ring (bicyclic) bond motifs is 3. The van der Waals surface area contributed by atoms with Gasteiger partial charge in [0.05, 0.1) is 17.3 Å². The smallest absolute Gasteiger partial charge is 0.255 e. The predicted molar refractivity (Wildman–Crippen MR) is 111 cm³/mol. The molecular weight excluding hydrogens is 332 g/mol. The summed E-state index contributed by atoms with van der Waals surface area (Å²) in [4.78, 5) is 14.5. The number of nitrogens with one attached hydrogen (secondary N) is 1. The molecule has 1 heterocycles. The molecule has 3 unspecified atom stereocenters. The molecule has 0 fully saturated rings. The third-order valence-electron chi connectivity index (χ3n) is 6.08. The molecular formula is C24H28N2O. The lowest BCUT2D eigenvalue weighted by molar-refractivity contribution is 0.0828. The van der Waals surface area contributed by atoms with Crippen molar-refractivity contribution in [3.05, 3.63) is 75.9 Å². The van der Waals surface area contributed by atoms with Crippen molar-refractivity contribution in [2.24, 2.45) is 5.92 Å². The Labute approximate surface area is 162 Å². The summed E-state index contributed by atoms with van der Waals surface area (Å²) in [7, 11) is 3.63. The number of rotatable bonds is 2. The number of amides is 1. The number of para-hydroxylation sites is 1. The van der Waals surface area contributed by atoms with Gasteiger partial charge in [-0.25, -0.2) is 0 Å². The molecule has 1 aliphatic heterocycles. The first-order valence-corrected chi connectivity index (χ1v) is 9.74. The minimum Gasteiger partial charge on any atom is -0.377 e. The average Bonchev–Trinajstić information content (AvgIpc) is 3.10. The second kappa shape index (κ2) is 6.56.